The first-order valence-electron chi connectivity index (χ1n) is 9.91. The maximum absolute atomic E-state index is 13.5. The Balaban J connectivity index is 1.49. The number of hydrogen-bond donors (Lipinski definition) is 1. The molecule has 0 aliphatic carbocycles. The van der Waals surface area contributed by atoms with E-state index in [1.54, 1.807) is 29.7 Å². The van der Waals surface area contributed by atoms with Gasteiger partial charge in [0, 0.05) is 30.2 Å². The maximum Gasteiger partial charge on any atom is 0.251 e. The molecule has 0 spiro atoms. The van der Waals surface area contributed by atoms with Gasteiger partial charge in [0.15, 0.2) is 0 Å². The number of carbonyl (C=O) groups is 1. The van der Waals surface area contributed by atoms with Gasteiger partial charge in [0.1, 0.15) is 10.8 Å². The Morgan fingerprint density at radius 2 is 2.10 bits per heavy atom. The molecule has 1 aromatic heterocycles. The fraction of sp³-hybridized carbons (Fsp3) is 0.304. The van der Waals surface area contributed by atoms with Gasteiger partial charge in [0.25, 0.3) is 5.91 Å². The van der Waals surface area contributed by atoms with Crippen LogP contribution in [0.15, 0.2) is 66.2 Å². The predicted molar refractivity (Wildman–Crippen MR) is 113 cm³/mol. The zero-order chi connectivity index (χ0) is 20.1. The summed E-state index contributed by atoms with van der Waals surface area (Å²) < 4.78 is 13.5. The summed E-state index contributed by atoms with van der Waals surface area (Å²) in [5, 5.41) is 6.11. The number of amides is 1. The number of aromatic nitrogens is 1. The largest absolute Gasteiger partial charge is 0.342 e. The molecule has 2 heterocycles. The fourth-order valence-electron chi connectivity index (χ4n) is 3.98. The van der Waals surface area contributed by atoms with Gasteiger partial charge in [-0.15, -0.1) is 11.3 Å². The third-order valence-electron chi connectivity index (χ3n) is 5.35. The van der Waals surface area contributed by atoms with Crippen LogP contribution in [0.1, 0.15) is 39.8 Å². The number of nitrogens with one attached hydrogen (secondary N) is 1. The lowest BCUT2D eigenvalue weighted by Crippen LogP contribution is -2.42. The van der Waals surface area contributed by atoms with Crippen molar-refractivity contribution >= 4 is 17.2 Å². The van der Waals surface area contributed by atoms with Gasteiger partial charge in [0.05, 0.1) is 6.04 Å². The van der Waals surface area contributed by atoms with Crippen molar-refractivity contribution in [3.63, 3.8) is 0 Å². The normalized spacial score (nSPS) is 18.3. The number of carbonyl (C=O) groups excluding carboxylic acids is 1. The van der Waals surface area contributed by atoms with Crippen LogP contribution in [-0.4, -0.2) is 28.9 Å². The lowest BCUT2D eigenvalue weighted by atomic mass is 9.90. The molecule has 2 unspecified atom stereocenters. The Morgan fingerprint density at radius 3 is 2.86 bits per heavy atom. The van der Waals surface area contributed by atoms with Crippen LogP contribution in [0.25, 0.3) is 0 Å². The molecule has 1 saturated heterocycles. The predicted octanol–water partition coefficient (Wildman–Crippen LogP) is 4.67. The molecule has 2 atom stereocenters. The molecule has 1 aliphatic heterocycles. The molecular formula is C23H24FN3OS. The van der Waals surface area contributed by atoms with Crippen LogP contribution in [0.3, 0.4) is 0 Å². The van der Waals surface area contributed by atoms with E-state index in [0.29, 0.717) is 12.1 Å². The van der Waals surface area contributed by atoms with Gasteiger partial charge in [-0.1, -0.05) is 30.3 Å². The van der Waals surface area contributed by atoms with Gasteiger partial charge in [-0.3, -0.25) is 9.69 Å². The average molecular weight is 410 g/mol. The quantitative estimate of drug-likeness (QED) is 0.644. The van der Waals surface area contributed by atoms with Crippen LogP contribution in [0.2, 0.25) is 0 Å². The molecule has 6 heteroatoms. The van der Waals surface area contributed by atoms with Crippen LogP contribution in [0.5, 0.6) is 0 Å². The van der Waals surface area contributed by atoms with Crippen molar-refractivity contribution in [1.82, 2.24) is 15.2 Å². The molecule has 150 valence electrons. The van der Waals surface area contributed by atoms with Gasteiger partial charge in [-0.05, 0) is 55.1 Å². The molecule has 0 saturated carbocycles. The van der Waals surface area contributed by atoms with E-state index in [1.165, 1.54) is 6.07 Å². The van der Waals surface area contributed by atoms with Crippen molar-refractivity contribution in [3.8, 4) is 0 Å². The monoisotopic (exact) mass is 409 g/mol. The van der Waals surface area contributed by atoms with E-state index in [1.807, 2.05) is 41.8 Å². The number of thiazole rings is 1. The molecule has 1 amide bonds. The van der Waals surface area contributed by atoms with Crippen molar-refractivity contribution in [2.75, 3.05) is 13.1 Å². The van der Waals surface area contributed by atoms with E-state index < -0.39 is 0 Å². The molecule has 2 aromatic carbocycles. The SMILES string of the molecule is O=C(NC(c1nccs1)C1CCCN(Cc2cccc(F)c2)C1)c1ccccc1. The van der Waals surface area contributed by atoms with Gasteiger partial charge >= 0.3 is 0 Å². The molecule has 1 fully saturated rings. The molecule has 29 heavy (non-hydrogen) atoms. The summed E-state index contributed by atoms with van der Waals surface area (Å²) in [7, 11) is 0. The second-order valence-corrected chi connectivity index (χ2v) is 8.38. The summed E-state index contributed by atoms with van der Waals surface area (Å²) in [5.41, 5.74) is 1.63. The fourth-order valence-corrected chi connectivity index (χ4v) is 4.76. The molecule has 1 aliphatic rings. The Hall–Kier alpha value is -2.57. The van der Waals surface area contributed by atoms with Gasteiger partial charge in [-0.25, -0.2) is 9.37 Å². The molecule has 1 N–H and O–H groups in total. The van der Waals surface area contributed by atoms with E-state index in [4.69, 9.17) is 0 Å². The summed E-state index contributed by atoms with van der Waals surface area (Å²) in [6.07, 6.45) is 3.86. The van der Waals surface area contributed by atoms with Crippen molar-refractivity contribution < 1.29 is 9.18 Å². The zero-order valence-corrected chi connectivity index (χ0v) is 16.9. The standard InChI is InChI=1S/C23H24FN3OS/c24-20-10-4-6-17(14-20)15-27-12-5-9-19(16-27)21(23-25-11-13-29-23)26-22(28)18-7-2-1-3-8-18/h1-4,6-8,10-11,13-14,19,21H,5,9,12,15-16H2,(H,26,28). The van der Waals surface area contributed by atoms with E-state index in [-0.39, 0.29) is 23.7 Å². The number of rotatable bonds is 6. The van der Waals surface area contributed by atoms with Gasteiger partial charge in [0.2, 0.25) is 0 Å². The Labute approximate surface area is 174 Å². The molecule has 0 radical (unpaired) electrons. The van der Waals surface area contributed by atoms with Crippen molar-refractivity contribution in [2.24, 2.45) is 5.92 Å². The number of nitrogens with zero attached hydrogens (tertiary/aromatic N) is 2. The second-order valence-electron chi connectivity index (χ2n) is 7.45. The zero-order valence-electron chi connectivity index (χ0n) is 16.1. The first kappa shape index (κ1) is 19.7. The number of hydrogen-bond acceptors (Lipinski definition) is 4. The van der Waals surface area contributed by atoms with Crippen LogP contribution in [-0.2, 0) is 6.54 Å². The number of piperidine rings is 1. The van der Waals surface area contributed by atoms with Crippen LogP contribution >= 0.6 is 11.3 Å². The highest BCUT2D eigenvalue weighted by molar-refractivity contribution is 7.09. The molecular weight excluding hydrogens is 385 g/mol. The van der Waals surface area contributed by atoms with Crippen molar-refractivity contribution in [2.45, 2.75) is 25.4 Å². The lowest BCUT2D eigenvalue weighted by molar-refractivity contribution is 0.0877. The smallest absolute Gasteiger partial charge is 0.251 e. The van der Waals surface area contributed by atoms with Crippen LogP contribution < -0.4 is 5.32 Å². The van der Waals surface area contributed by atoms with E-state index in [9.17, 15) is 9.18 Å². The van der Waals surface area contributed by atoms with Crippen LogP contribution in [0, 0.1) is 11.7 Å². The van der Waals surface area contributed by atoms with E-state index in [2.05, 4.69) is 15.2 Å². The van der Waals surface area contributed by atoms with Gasteiger partial charge < -0.3 is 5.32 Å². The second kappa shape index (κ2) is 9.29. The first-order chi connectivity index (χ1) is 14.2. The minimum Gasteiger partial charge on any atom is -0.342 e. The number of likely N-dealkylation sites (tertiary alicyclic amines) is 1. The third-order valence-corrected chi connectivity index (χ3v) is 6.21. The Morgan fingerprint density at radius 1 is 1.24 bits per heavy atom. The number of benzene rings is 2. The number of halogens is 1. The topological polar surface area (TPSA) is 45.2 Å². The summed E-state index contributed by atoms with van der Waals surface area (Å²) >= 11 is 1.58. The Bertz CT molecular complexity index is 932. The minimum atomic E-state index is -0.202. The van der Waals surface area contributed by atoms with Gasteiger partial charge in [-0.2, -0.15) is 0 Å². The average Bonchev–Trinajstić information content (AvgIpc) is 3.27. The highest BCUT2D eigenvalue weighted by Crippen LogP contribution is 2.32. The van der Waals surface area contributed by atoms with Crippen LogP contribution in [0.4, 0.5) is 4.39 Å². The third kappa shape index (κ3) is 5.08. The molecule has 3 aromatic rings. The van der Waals surface area contributed by atoms with E-state index in [0.717, 1.165) is 36.5 Å². The van der Waals surface area contributed by atoms with Crippen molar-refractivity contribution in [1.29, 1.82) is 0 Å². The first-order valence-corrected chi connectivity index (χ1v) is 10.8. The Kier molecular flexibility index (Phi) is 6.32. The molecule has 4 rings (SSSR count). The molecule has 0 bridgehead atoms. The highest BCUT2D eigenvalue weighted by atomic mass is 32.1. The molecule has 4 nitrogen and oxygen atoms in total. The minimum absolute atomic E-state index is 0.0759. The summed E-state index contributed by atoms with van der Waals surface area (Å²) in [6, 6.07) is 15.9. The maximum atomic E-state index is 13.5. The van der Waals surface area contributed by atoms with Crippen molar-refractivity contribution in [3.05, 3.63) is 88.1 Å². The summed E-state index contributed by atoms with van der Waals surface area (Å²) in [6.45, 7) is 2.53. The summed E-state index contributed by atoms with van der Waals surface area (Å²) in [4.78, 5) is 19.7. The van der Waals surface area contributed by atoms with E-state index >= 15 is 0 Å². The highest BCUT2D eigenvalue weighted by Gasteiger charge is 2.31. The summed E-state index contributed by atoms with van der Waals surface area (Å²) in [5.74, 6) is -0.0176. The lowest BCUT2D eigenvalue weighted by Gasteiger charge is -2.36.